The van der Waals surface area contributed by atoms with E-state index < -0.39 is 143 Å². The number of likely N-dealkylation sites (N-methyl/N-ethyl adjacent to an activating group) is 7. The molecule has 0 bridgehead atoms. The molecule has 21 heteroatoms. The van der Waals surface area contributed by atoms with Crippen LogP contribution in [0.1, 0.15) is 345 Å². The minimum absolute atomic E-state index is 0.0610. The zero-order chi connectivity index (χ0) is 127. The maximum atomic E-state index is 11.4. The van der Waals surface area contributed by atoms with Crippen LogP contribution in [0.2, 0.25) is 0 Å². The van der Waals surface area contributed by atoms with Crippen LogP contribution in [-0.4, -0.2) is 303 Å². The van der Waals surface area contributed by atoms with Crippen LogP contribution in [0.4, 0.5) is 0 Å². The second-order valence-electron chi connectivity index (χ2n) is 40.0. The van der Waals surface area contributed by atoms with Crippen LogP contribution in [0.5, 0.6) is 40.2 Å². The van der Waals surface area contributed by atoms with Crippen molar-refractivity contribution in [1.29, 1.82) is 0 Å². The second kappa shape index (κ2) is 58.7. The molecule has 7 saturated carbocycles. The van der Waals surface area contributed by atoms with Gasteiger partial charge in [0.1, 0.15) is 40.2 Å². The van der Waals surface area contributed by atoms with Gasteiger partial charge in [-0.25, -0.2) is 0 Å². The van der Waals surface area contributed by atoms with Crippen LogP contribution < -0.4 is 33.2 Å². The van der Waals surface area contributed by atoms with Crippen LogP contribution in [-0.2, 0) is 0 Å². The summed E-state index contributed by atoms with van der Waals surface area (Å²) in [6.07, 6.45) is 27.2. The molecule has 21 nitrogen and oxygen atoms in total. The monoisotopic (exact) mass is 1970 g/mol. The number of rotatable bonds is 35. The third-order valence-corrected chi connectivity index (χ3v) is 28.9. The summed E-state index contributed by atoms with van der Waals surface area (Å²) in [6.45, 7) is -25.3. The Morgan fingerprint density at radius 1 is 0.214 bits per heavy atom. The highest BCUT2D eigenvalue weighted by Gasteiger charge is 2.46. The first-order chi connectivity index (χ1) is 78.3. The molecular weight excluding hydrogens is 1750 g/mol. The van der Waals surface area contributed by atoms with E-state index in [4.69, 9.17) is 72.9 Å². The molecule has 7 aromatic carbocycles. The lowest BCUT2D eigenvalue weighted by Crippen LogP contribution is -2.42. The van der Waals surface area contributed by atoms with Gasteiger partial charge in [-0.2, -0.15) is 0 Å². The van der Waals surface area contributed by atoms with Gasteiger partial charge >= 0.3 is 0 Å². The highest BCUT2D eigenvalue weighted by atomic mass is 16.5. The number of nitrogens with zero attached hydrogens (tertiary/aromatic N) is 7. The SMILES string of the molecule is [2H]C(CN(C)C)(c1ccc(OC)cc1)C1(O)CCCCC1.[2H]C([2H])(C(c1ccc(OC)cc1)C1(O)CCCCC1)N(C)C.[2H]C([2H])([2H])N(C([2H])([2H])[2H])C([2H])([2H])C(c1ccc(OC)cc1)C1(O)CCCCC1.[2H]C([2H])([2H])N(C)C([2H])([2H])C(c1ccc(OC)cc1)C1(O)CCCCC1.[2H]C([2H])([2H])N(C)CC([2H])(c1ccc(OC)cc1)C1(O)CCCCC1.[2H]C([2H])([2H])N(C)CC(c1ccc(OC)cc1)C1(O)CCCCC1.[2H]C([2H])([2H])N(CC(c1ccc(OC)cc1)C1(O)CCCCC1)C([2H])([2H])[2H]. The fourth-order valence-corrected chi connectivity index (χ4v) is 21.2. The third kappa shape index (κ3) is 36.7. The molecule has 0 saturated heterocycles. The van der Waals surface area contributed by atoms with Crippen LogP contribution in [0.25, 0.3) is 0 Å². The Morgan fingerprint density at radius 3 is 0.593 bits per heavy atom. The molecule has 14 rings (SSSR count). The zero-order valence-corrected chi connectivity index (χ0v) is 86.2. The maximum absolute atomic E-state index is 11.4. The lowest BCUT2D eigenvalue weighted by atomic mass is 9.72. The second-order valence-corrected chi connectivity index (χ2v) is 40.0. The van der Waals surface area contributed by atoms with E-state index in [0.29, 0.717) is 140 Å². The lowest BCUT2D eigenvalue weighted by Gasteiger charge is -2.40. The first-order valence-corrected chi connectivity index (χ1v) is 50.5. The van der Waals surface area contributed by atoms with Crippen molar-refractivity contribution in [2.45, 2.75) is 305 Å². The number of ether oxygens (including phenoxy) is 7. The van der Waals surface area contributed by atoms with E-state index >= 15 is 0 Å². The highest BCUT2D eigenvalue weighted by molar-refractivity contribution is 5.38. The largest absolute Gasteiger partial charge is 0.497 e. The summed E-state index contributed by atoms with van der Waals surface area (Å²) >= 11 is 0. The van der Waals surface area contributed by atoms with Crippen LogP contribution >= 0.6 is 0 Å². The topological polar surface area (TPSA) is 229 Å². The van der Waals surface area contributed by atoms with Gasteiger partial charge in [0.25, 0.3) is 0 Å². The van der Waals surface area contributed by atoms with Gasteiger partial charge in [-0.15, -0.1) is 0 Å². The van der Waals surface area contributed by atoms with Crippen LogP contribution in [0.15, 0.2) is 170 Å². The van der Waals surface area contributed by atoms with Crippen molar-refractivity contribution >= 4 is 0 Å². The molecule has 0 radical (unpaired) electrons. The highest BCUT2D eigenvalue weighted by Crippen LogP contribution is 2.49. The van der Waals surface area contributed by atoms with Crippen molar-refractivity contribution in [3.8, 4) is 40.2 Å². The molecule has 784 valence electrons. The number of hydrogen-bond donors (Lipinski definition) is 7. The van der Waals surface area contributed by atoms with E-state index in [1.165, 1.54) is 31.0 Å². The summed E-state index contributed by atoms with van der Waals surface area (Å²) < 4.78 is 266. The normalized spacial score (nSPS) is 24.3. The van der Waals surface area contributed by atoms with Crippen molar-refractivity contribution in [3.63, 3.8) is 0 Å². The van der Waals surface area contributed by atoms with Crippen molar-refractivity contribution in [3.05, 3.63) is 209 Å². The molecule has 0 aliphatic heterocycles. The van der Waals surface area contributed by atoms with E-state index in [-0.39, 0.29) is 36.7 Å². The Bertz CT molecular complexity index is 5700. The van der Waals surface area contributed by atoms with Crippen molar-refractivity contribution in [1.82, 2.24) is 34.3 Å². The number of aliphatic hydroxyl groups is 7. The Kier molecular flexibility index (Phi) is 33.8. The third-order valence-electron chi connectivity index (χ3n) is 28.9. The molecule has 7 aliphatic rings. The van der Waals surface area contributed by atoms with E-state index in [1.54, 1.807) is 166 Å². The van der Waals surface area contributed by atoms with Gasteiger partial charge in [-0.05, 0) is 312 Å². The summed E-state index contributed by atoms with van der Waals surface area (Å²) in [5, 5.41) is 78.7. The molecule has 7 unspecified atom stereocenters. The number of hydrogen-bond acceptors (Lipinski definition) is 21. The van der Waals surface area contributed by atoms with E-state index in [1.807, 2.05) is 91.8 Å². The molecule has 0 spiro atoms. The summed E-state index contributed by atoms with van der Waals surface area (Å²) in [6, 6.07) is 49.7. The molecule has 140 heavy (non-hydrogen) atoms. The van der Waals surface area contributed by atoms with E-state index in [9.17, 15) is 35.7 Å². The molecule has 7 N–H and O–H groups in total. The minimum atomic E-state index is -3.22. The molecule has 0 heterocycles. The standard InChI is InChI=1S/7C17H27NO2/c7*1-18(2)13-16(17(19)11-5-4-6-12-17)14-7-9-15(20-3)10-8-14/h7*7-10,16,19H,4-6,11-13H2,1-3H3/i1D3,2D3,13D2;1D3,16D;1D3,13D2;1D3,2D3;16D;13D2;1D3. The molecule has 0 aromatic heterocycles. The van der Waals surface area contributed by atoms with E-state index in [2.05, 4.69) is 0 Å². The quantitative estimate of drug-likeness (QED) is 0.0196. The van der Waals surface area contributed by atoms with Crippen molar-refractivity contribution in [2.24, 2.45) is 0 Å². The maximum Gasteiger partial charge on any atom is 0.118 e. The smallest absolute Gasteiger partial charge is 0.118 e. The Morgan fingerprint density at radius 2 is 0.386 bits per heavy atom. The summed E-state index contributed by atoms with van der Waals surface area (Å²) in [5.41, 5.74) is -3.12. The van der Waals surface area contributed by atoms with Crippen molar-refractivity contribution in [2.75, 3.05) is 194 Å². The fraction of sp³-hybridized carbons (Fsp3) is 0.647. The molecule has 0 amide bonds. The van der Waals surface area contributed by atoms with Crippen molar-refractivity contribution < 1.29 is 109 Å². The van der Waals surface area contributed by atoms with Gasteiger partial charge in [-0.1, -0.05) is 220 Å². The number of methoxy groups -OCH3 is 7. The van der Waals surface area contributed by atoms with Gasteiger partial charge in [0, 0.05) is 127 Å². The molecule has 7 atom stereocenters. The molecule has 7 aliphatic carbocycles. The predicted octanol–water partition coefficient (Wildman–Crippen LogP) is 21.2. The minimum Gasteiger partial charge on any atom is -0.497 e. The Labute approximate surface area is 887 Å². The average molecular weight is 1970 g/mol. The van der Waals surface area contributed by atoms with Gasteiger partial charge < -0.3 is 103 Å². The molecule has 7 aromatic rings. The summed E-state index contributed by atoms with van der Waals surface area (Å²) in [7, 11) is 22.7. The van der Waals surface area contributed by atoms with E-state index in [0.717, 1.165) is 174 Å². The Hall–Kier alpha value is -7.42. The predicted molar refractivity (Wildman–Crippen MR) is 576 cm³/mol. The van der Waals surface area contributed by atoms with Gasteiger partial charge in [0.2, 0.25) is 0 Å². The van der Waals surface area contributed by atoms with Crippen LogP contribution in [0, 0.1) is 0 Å². The Balaban J connectivity index is 0.000000238. The average Bonchev–Trinajstić information content (AvgIpc) is 0.727. The number of benzene rings is 7. The van der Waals surface area contributed by atoms with Gasteiger partial charge in [-0.3, -0.25) is 0 Å². The fourth-order valence-electron chi connectivity index (χ4n) is 21.2. The molecular formula is C119H189N7O14. The zero-order valence-electron chi connectivity index (χ0n) is 115. The van der Waals surface area contributed by atoms with Gasteiger partial charge in [0.05, 0.1) is 89.0 Å². The van der Waals surface area contributed by atoms with Gasteiger partial charge in [0.15, 0.2) is 0 Å². The first-order valence-electron chi connectivity index (χ1n) is 65.0. The molecule has 7 fully saturated rings. The summed E-state index contributed by atoms with van der Waals surface area (Å²) in [4.78, 5) is 7.32. The lowest BCUT2D eigenvalue weighted by molar-refractivity contribution is -0.0280. The van der Waals surface area contributed by atoms with Crippen LogP contribution in [0.3, 0.4) is 0 Å². The first kappa shape index (κ1) is 80.8. The summed E-state index contributed by atoms with van der Waals surface area (Å²) in [5.74, 6) is -1.46.